The smallest absolute Gasteiger partial charge is 0.490 e. The monoisotopic (exact) mass is 1860 g/mol. The fraction of sp³-hybridized carbons (Fsp3) is 0.398. The Bertz CT molecular complexity index is 4270. The fourth-order valence-corrected chi connectivity index (χ4v) is 11.3. The summed E-state index contributed by atoms with van der Waals surface area (Å²) in [5.74, 6) is -1.83. The van der Waals surface area contributed by atoms with Crippen molar-refractivity contribution in [3.05, 3.63) is 203 Å². The molecule has 35 heteroatoms. The maximum atomic E-state index is 12.2. The Morgan fingerprint density at radius 3 is 0.907 bits per heavy atom. The van der Waals surface area contributed by atoms with Crippen LogP contribution in [0.25, 0.3) is 0 Å². The van der Waals surface area contributed by atoms with E-state index in [0.717, 1.165) is 79.2 Å². The minimum Gasteiger partial charge on any atom is -0.508 e. The Morgan fingerprint density at radius 2 is 0.653 bits per heavy atom. The first-order valence-corrected chi connectivity index (χ1v) is 40.0. The second-order valence-corrected chi connectivity index (χ2v) is 31.6. The van der Waals surface area contributed by atoms with E-state index in [1.54, 1.807) is 146 Å². The van der Waals surface area contributed by atoms with Gasteiger partial charge in [0.2, 0.25) is 0 Å². The van der Waals surface area contributed by atoms with Crippen LogP contribution in [0.3, 0.4) is 0 Å². The van der Waals surface area contributed by atoms with E-state index in [2.05, 4.69) is 31.9 Å². The molecular weight excluding hydrogens is 1760 g/mol. The Hall–Kier alpha value is -8.84. The Morgan fingerprint density at radius 1 is 0.398 bits per heavy atom. The number of hydrogen-bond donors (Lipinski definition) is 8. The molecule has 9 N–H and O–H groups in total. The third-order valence-electron chi connectivity index (χ3n) is 15.3. The molecule has 654 valence electrons. The SMILES string of the molecule is CC(C)(C)OC(=O)CBr.Cc1cc(Cl)ccc1O.Cc1cc(Cl)ccc1OCC(=O)NC1CCC(NC(=O)COc2ccc(Cl)cc2)CC1.Cc1cc(Cl)ccc1OCC(=O)O.Cc1cc(Cl)ccc1OCC(=O)O.Cc1cc(Cl)ccc1OCC(=O)OC(C)(C)C.NC1CCC(NC(=O)COc2ccc(Cl)cc2)CC1.O=C(O)C(F)(F)F.[HH].[HH].[HH]. The van der Waals surface area contributed by atoms with Crippen molar-refractivity contribution in [2.45, 2.75) is 169 Å². The maximum Gasteiger partial charge on any atom is 0.490 e. The van der Waals surface area contributed by atoms with Gasteiger partial charge in [-0.1, -0.05) is 97.1 Å². The number of nitrogens with two attached hydrogens (primary N) is 1. The van der Waals surface area contributed by atoms with Gasteiger partial charge in [-0.2, -0.15) is 13.2 Å². The summed E-state index contributed by atoms with van der Waals surface area (Å²) in [6, 6.07) is 40.1. The first kappa shape index (κ1) is 105. The highest BCUT2D eigenvalue weighted by Crippen LogP contribution is 2.28. The van der Waals surface area contributed by atoms with E-state index in [9.17, 15) is 46.7 Å². The molecule has 7 aromatic rings. The molecule has 2 aliphatic rings. The van der Waals surface area contributed by atoms with Gasteiger partial charge in [0.15, 0.2) is 39.6 Å². The van der Waals surface area contributed by atoms with Gasteiger partial charge in [-0.25, -0.2) is 19.2 Å². The molecule has 0 aliphatic heterocycles. The van der Waals surface area contributed by atoms with E-state index in [1.807, 2.05) is 69.2 Å². The molecule has 9 rings (SSSR count). The van der Waals surface area contributed by atoms with Gasteiger partial charge in [0.25, 0.3) is 17.7 Å². The molecule has 118 heavy (non-hydrogen) atoms. The molecule has 0 radical (unpaired) electrons. The number of aromatic hydroxyl groups is 1. The van der Waals surface area contributed by atoms with Crippen molar-refractivity contribution in [2.75, 3.05) is 45.0 Å². The van der Waals surface area contributed by atoms with Gasteiger partial charge in [0, 0.05) is 63.6 Å². The van der Waals surface area contributed by atoms with Crippen molar-refractivity contribution >= 4 is 145 Å². The number of aryl methyl sites for hydroxylation is 5. The van der Waals surface area contributed by atoms with Crippen LogP contribution in [0.1, 0.15) is 125 Å². The lowest BCUT2D eigenvalue weighted by molar-refractivity contribution is -0.192. The first-order chi connectivity index (χ1) is 55.1. The number of rotatable bonds is 22. The van der Waals surface area contributed by atoms with Crippen LogP contribution < -0.4 is 50.1 Å². The number of amides is 3. The maximum absolute atomic E-state index is 12.2. The number of alkyl halides is 4. The summed E-state index contributed by atoms with van der Waals surface area (Å²) in [4.78, 5) is 87.4. The molecule has 0 heterocycles. The fourth-order valence-electron chi connectivity index (χ4n) is 9.83. The quantitative estimate of drug-likeness (QED) is 0.0231. The van der Waals surface area contributed by atoms with Crippen LogP contribution in [0.4, 0.5) is 13.2 Å². The number of aliphatic carboxylic acids is 3. The van der Waals surface area contributed by atoms with Gasteiger partial charge >= 0.3 is 36.0 Å². The Kier molecular flexibility index (Phi) is 48.5. The van der Waals surface area contributed by atoms with Gasteiger partial charge in [-0.3, -0.25) is 19.2 Å². The average Bonchev–Trinajstić information content (AvgIpc) is 0.879. The summed E-state index contributed by atoms with van der Waals surface area (Å²) < 4.78 is 73.6. The van der Waals surface area contributed by atoms with E-state index < -0.39 is 29.7 Å². The van der Waals surface area contributed by atoms with E-state index in [4.69, 9.17) is 150 Å². The number of nitrogens with one attached hydrogen (secondary N) is 3. The molecule has 2 fully saturated rings. The number of hydrogen-bond acceptors (Lipinski definition) is 18. The van der Waals surface area contributed by atoms with Crippen molar-refractivity contribution in [1.29, 1.82) is 0 Å². The largest absolute Gasteiger partial charge is 0.508 e. The van der Waals surface area contributed by atoms with Crippen LogP contribution in [-0.2, 0) is 47.8 Å². The minimum atomic E-state index is -5.08. The van der Waals surface area contributed by atoms with Gasteiger partial charge in [0.1, 0.15) is 56.8 Å². The summed E-state index contributed by atoms with van der Waals surface area (Å²) >= 11 is 43.4. The van der Waals surface area contributed by atoms with E-state index in [-0.39, 0.29) is 103 Å². The van der Waals surface area contributed by atoms with Crippen molar-refractivity contribution in [1.82, 2.24) is 16.0 Å². The van der Waals surface area contributed by atoms with E-state index >= 15 is 0 Å². The number of phenolic OH excluding ortho intramolecular Hbond substituents is 1. The summed E-state index contributed by atoms with van der Waals surface area (Å²) in [5, 5.41) is 46.5. The van der Waals surface area contributed by atoms with E-state index in [0.29, 0.717) is 81.4 Å². The van der Waals surface area contributed by atoms with Crippen LogP contribution in [0.5, 0.6) is 40.2 Å². The second kappa shape index (κ2) is 54.4. The highest BCUT2D eigenvalue weighted by atomic mass is 79.9. The molecule has 2 aliphatic carbocycles. The third kappa shape index (κ3) is 49.5. The topological polar surface area (TPSA) is 353 Å². The number of carboxylic acids is 3. The lowest BCUT2D eigenvalue weighted by Crippen LogP contribution is -2.45. The molecule has 7 aromatic carbocycles. The number of carboxylic acid groups (broad SMARTS) is 3. The van der Waals surface area contributed by atoms with Crippen LogP contribution in [-0.4, -0.2) is 155 Å². The summed E-state index contributed by atoms with van der Waals surface area (Å²) in [6.45, 7) is 19.3. The zero-order chi connectivity index (χ0) is 89.0. The van der Waals surface area contributed by atoms with Crippen molar-refractivity contribution < 1.29 is 114 Å². The zero-order valence-corrected chi connectivity index (χ0v) is 73.6. The molecule has 0 aromatic heterocycles. The van der Waals surface area contributed by atoms with Crippen molar-refractivity contribution in [3.8, 4) is 40.2 Å². The number of ether oxygens (including phenoxy) is 8. The standard InChI is InChI=1S/C23H26Cl2N2O4.C14H19ClN2O2.C13H17ClO3.2C9H9ClO3.C7H7ClO.C6H11BrO2.C2HF3O2.3H2/c1-15-12-17(25)4-11-21(15)31-14-23(29)27-19-7-5-18(6-8-19)26-22(28)13-30-20-9-2-16(24)3-10-20;15-10-1-7-13(8-2-10)19-9-14(18)17-12-5-3-11(16)4-6-12;1-9-7-10(14)5-6-11(9)16-8-12(15)17-13(2,3)4;2*1-6-4-7(10)2-3-8(6)13-5-9(11)12;1-5-4-6(8)2-3-7(5)9;1-6(2,3)9-5(8)4-7;3-2(4,5)1(6)7;;;/h2-4,9-12,18-19H,5-8,13-14H2,1H3,(H,26,28)(H,27,29);1-2,7-8,11-12H,3-6,9,16H2,(H,17,18);5-7H,8H2,1-4H3;2*2-4H,5H2,1H3,(H,11,12);2-4,9H,1H3;4H2,1-3H3;(H,6,7);3*1H. The predicted molar refractivity (Wildman–Crippen MR) is 460 cm³/mol. The third-order valence-corrected chi connectivity index (χ3v) is 17.4. The van der Waals surface area contributed by atoms with Crippen LogP contribution in [0, 0.1) is 34.6 Å². The zero-order valence-electron chi connectivity index (χ0n) is 66.8. The first-order valence-electron chi connectivity index (χ1n) is 36.2. The molecule has 3 amide bonds. The molecule has 24 nitrogen and oxygen atoms in total. The van der Waals surface area contributed by atoms with Crippen molar-refractivity contribution in [2.24, 2.45) is 5.73 Å². The highest BCUT2D eigenvalue weighted by Gasteiger charge is 2.38. The second-order valence-electron chi connectivity index (χ2n) is 28.0. The van der Waals surface area contributed by atoms with Gasteiger partial charge in [-0.05, 0) is 295 Å². The summed E-state index contributed by atoms with van der Waals surface area (Å²) in [5.41, 5.74) is 9.22. The minimum absolute atomic E-state index is 0. The Balaban J connectivity index is 0. The average molecular weight is 1860 g/mol. The van der Waals surface area contributed by atoms with Crippen molar-refractivity contribution in [3.63, 3.8) is 0 Å². The lowest BCUT2D eigenvalue weighted by atomic mass is 9.91. The molecule has 0 spiro atoms. The number of esters is 2. The predicted octanol–water partition coefficient (Wildman–Crippen LogP) is 19.4. The Labute approximate surface area is 732 Å². The number of carbonyl (C=O) groups is 8. The summed E-state index contributed by atoms with van der Waals surface area (Å²) in [6.07, 6.45) is 1.97. The number of halogens is 11. The highest BCUT2D eigenvalue weighted by molar-refractivity contribution is 9.09. The van der Waals surface area contributed by atoms with Crippen LogP contribution in [0.15, 0.2) is 140 Å². The van der Waals surface area contributed by atoms with Crippen LogP contribution >= 0.6 is 97.1 Å². The molecular formula is C83H105BrCl7F3N4O20. The molecule has 0 unspecified atom stereocenters. The van der Waals surface area contributed by atoms with E-state index in [1.165, 1.54) is 0 Å². The normalized spacial score (nSPS) is 14.4. The molecule has 0 saturated heterocycles. The number of carbonyl (C=O) groups excluding carboxylic acids is 5. The van der Waals surface area contributed by atoms with Gasteiger partial charge in [0.05, 0.1) is 0 Å². The van der Waals surface area contributed by atoms with Gasteiger partial charge in [-0.15, -0.1) is 0 Å². The molecule has 0 atom stereocenters. The lowest BCUT2D eigenvalue weighted by Gasteiger charge is -2.29. The van der Waals surface area contributed by atoms with Crippen LogP contribution in [0.2, 0.25) is 35.2 Å². The molecule has 0 bridgehead atoms. The number of benzene rings is 7. The summed E-state index contributed by atoms with van der Waals surface area (Å²) in [7, 11) is 0. The molecule has 2 saturated carbocycles. The van der Waals surface area contributed by atoms with Gasteiger partial charge < -0.3 is 80.0 Å². The number of phenols is 1.